The summed E-state index contributed by atoms with van der Waals surface area (Å²) < 4.78 is 6.85. The fourth-order valence-corrected chi connectivity index (χ4v) is 2.91. The van der Waals surface area contributed by atoms with E-state index in [1.807, 2.05) is 36.4 Å². The van der Waals surface area contributed by atoms with Crippen LogP contribution in [0.1, 0.15) is 11.5 Å². The van der Waals surface area contributed by atoms with Crippen molar-refractivity contribution in [1.29, 1.82) is 0 Å². The van der Waals surface area contributed by atoms with Gasteiger partial charge in [-0.15, -0.1) is 10.2 Å². The van der Waals surface area contributed by atoms with E-state index in [1.165, 1.54) is 16.3 Å². The second-order valence-corrected chi connectivity index (χ2v) is 6.24. The molecule has 23 heavy (non-hydrogen) atoms. The van der Waals surface area contributed by atoms with Crippen LogP contribution in [0.4, 0.5) is 0 Å². The summed E-state index contributed by atoms with van der Waals surface area (Å²) in [4.78, 5) is 0. The van der Waals surface area contributed by atoms with Crippen molar-refractivity contribution >= 4 is 26.7 Å². The lowest BCUT2D eigenvalue weighted by Gasteiger charge is -2.03. The van der Waals surface area contributed by atoms with E-state index in [2.05, 4.69) is 56.5 Å². The molecule has 0 aliphatic heterocycles. The Hall–Kier alpha value is -2.46. The van der Waals surface area contributed by atoms with Crippen molar-refractivity contribution in [2.24, 2.45) is 0 Å². The standard InChI is InChI=1S/C19H13BrN2O/c20-16-10-8-14(9-11-16)19-22-21-18(23-19)12-15-6-3-5-13-4-1-2-7-17(13)15/h1-11H,12H2. The Labute approximate surface area is 142 Å². The lowest BCUT2D eigenvalue weighted by atomic mass is 10.0. The lowest BCUT2D eigenvalue weighted by molar-refractivity contribution is 0.518. The SMILES string of the molecule is Brc1ccc(-c2nnc(Cc3cccc4ccccc34)o2)cc1. The fraction of sp³-hybridized carbons (Fsp3) is 0.0526. The summed E-state index contributed by atoms with van der Waals surface area (Å²) in [6.45, 7) is 0. The van der Waals surface area contributed by atoms with E-state index in [4.69, 9.17) is 4.42 Å². The third kappa shape index (κ3) is 2.90. The predicted octanol–water partition coefficient (Wildman–Crippen LogP) is 5.24. The lowest BCUT2D eigenvalue weighted by Crippen LogP contribution is -1.90. The van der Waals surface area contributed by atoms with E-state index >= 15 is 0 Å². The first kappa shape index (κ1) is 14.2. The molecule has 0 N–H and O–H groups in total. The van der Waals surface area contributed by atoms with E-state index in [0.717, 1.165) is 10.0 Å². The van der Waals surface area contributed by atoms with Crippen molar-refractivity contribution in [3.63, 3.8) is 0 Å². The molecular formula is C19H13BrN2O. The highest BCUT2D eigenvalue weighted by molar-refractivity contribution is 9.10. The van der Waals surface area contributed by atoms with Crippen LogP contribution in [0.5, 0.6) is 0 Å². The Morgan fingerprint density at radius 3 is 2.48 bits per heavy atom. The zero-order valence-corrected chi connectivity index (χ0v) is 13.8. The highest BCUT2D eigenvalue weighted by Gasteiger charge is 2.10. The number of hydrogen-bond acceptors (Lipinski definition) is 3. The Balaban J connectivity index is 1.66. The van der Waals surface area contributed by atoms with Crippen LogP contribution < -0.4 is 0 Å². The number of halogens is 1. The van der Waals surface area contributed by atoms with Crippen LogP contribution in [0, 0.1) is 0 Å². The zero-order valence-electron chi connectivity index (χ0n) is 12.2. The van der Waals surface area contributed by atoms with E-state index in [0.29, 0.717) is 18.2 Å². The molecule has 0 aliphatic carbocycles. The summed E-state index contributed by atoms with van der Waals surface area (Å²) in [6, 6.07) is 22.4. The number of aromatic nitrogens is 2. The number of nitrogens with zero attached hydrogens (tertiary/aromatic N) is 2. The van der Waals surface area contributed by atoms with Gasteiger partial charge in [0.05, 0.1) is 6.42 Å². The van der Waals surface area contributed by atoms with Crippen molar-refractivity contribution in [1.82, 2.24) is 10.2 Å². The molecule has 4 rings (SSSR count). The molecule has 4 heteroatoms. The molecule has 0 amide bonds. The summed E-state index contributed by atoms with van der Waals surface area (Å²) in [5.74, 6) is 1.17. The number of fused-ring (bicyclic) bond motifs is 1. The van der Waals surface area contributed by atoms with Gasteiger partial charge < -0.3 is 4.42 Å². The van der Waals surface area contributed by atoms with Crippen LogP contribution in [-0.2, 0) is 6.42 Å². The topological polar surface area (TPSA) is 38.9 Å². The fourth-order valence-electron chi connectivity index (χ4n) is 2.64. The number of rotatable bonds is 3. The second kappa shape index (κ2) is 5.97. The molecule has 4 aromatic rings. The summed E-state index contributed by atoms with van der Waals surface area (Å²) >= 11 is 3.42. The molecule has 1 heterocycles. The Kier molecular flexibility index (Phi) is 3.67. The van der Waals surface area contributed by atoms with Crippen LogP contribution in [0.3, 0.4) is 0 Å². The smallest absolute Gasteiger partial charge is 0.247 e. The summed E-state index contributed by atoms with van der Waals surface area (Å²) in [6.07, 6.45) is 0.630. The van der Waals surface area contributed by atoms with Gasteiger partial charge >= 0.3 is 0 Å². The monoisotopic (exact) mass is 364 g/mol. The van der Waals surface area contributed by atoms with Gasteiger partial charge in [-0.25, -0.2) is 0 Å². The Morgan fingerprint density at radius 2 is 1.61 bits per heavy atom. The van der Waals surface area contributed by atoms with Crippen LogP contribution in [0.15, 0.2) is 75.6 Å². The molecule has 0 aliphatic rings. The van der Waals surface area contributed by atoms with Crippen LogP contribution in [0.25, 0.3) is 22.2 Å². The van der Waals surface area contributed by atoms with Gasteiger partial charge in [0, 0.05) is 10.0 Å². The van der Waals surface area contributed by atoms with Crippen LogP contribution >= 0.6 is 15.9 Å². The molecule has 0 bridgehead atoms. The van der Waals surface area contributed by atoms with Gasteiger partial charge in [-0.05, 0) is 40.6 Å². The van der Waals surface area contributed by atoms with Gasteiger partial charge in [-0.1, -0.05) is 58.4 Å². The Bertz CT molecular complexity index is 955. The summed E-state index contributed by atoms with van der Waals surface area (Å²) in [5, 5.41) is 10.8. The highest BCUT2D eigenvalue weighted by Crippen LogP contribution is 2.24. The van der Waals surface area contributed by atoms with Crippen LogP contribution in [0.2, 0.25) is 0 Å². The molecule has 0 spiro atoms. The quantitative estimate of drug-likeness (QED) is 0.498. The first-order valence-electron chi connectivity index (χ1n) is 7.34. The third-order valence-electron chi connectivity index (χ3n) is 3.78. The number of hydrogen-bond donors (Lipinski definition) is 0. The molecule has 0 radical (unpaired) electrons. The number of benzene rings is 3. The van der Waals surface area contributed by atoms with E-state index in [1.54, 1.807) is 0 Å². The van der Waals surface area contributed by atoms with Gasteiger partial charge in [-0.3, -0.25) is 0 Å². The summed E-state index contributed by atoms with van der Waals surface area (Å²) in [5.41, 5.74) is 2.11. The minimum atomic E-state index is 0.549. The second-order valence-electron chi connectivity index (χ2n) is 5.32. The molecule has 3 nitrogen and oxygen atoms in total. The normalized spacial score (nSPS) is 11.0. The third-order valence-corrected chi connectivity index (χ3v) is 4.31. The molecule has 0 unspecified atom stereocenters. The minimum absolute atomic E-state index is 0.549. The van der Waals surface area contributed by atoms with Gasteiger partial charge in [0.1, 0.15) is 0 Å². The largest absolute Gasteiger partial charge is 0.420 e. The molecule has 1 aromatic heterocycles. The summed E-state index contributed by atoms with van der Waals surface area (Å²) in [7, 11) is 0. The predicted molar refractivity (Wildman–Crippen MR) is 94.2 cm³/mol. The van der Waals surface area contributed by atoms with Crippen molar-refractivity contribution in [3.05, 3.63) is 82.7 Å². The minimum Gasteiger partial charge on any atom is -0.420 e. The zero-order chi connectivity index (χ0) is 15.6. The average Bonchev–Trinajstić information content (AvgIpc) is 3.04. The first-order chi connectivity index (χ1) is 11.3. The molecule has 0 saturated carbocycles. The molecule has 0 saturated heterocycles. The molecule has 0 fully saturated rings. The maximum Gasteiger partial charge on any atom is 0.247 e. The van der Waals surface area contributed by atoms with Crippen molar-refractivity contribution in [2.45, 2.75) is 6.42 Å². The van der Waals surface area contributed by atoms with Gasteiger partial charge in [0.2, 0.25) is 11.8 Å². The highest BCUT2D eigenvalue weighted by atomic mass is 79.9. The molecular weight excluding hydrogens is 352 g/mol. The maximum absolute atomic E-state index is 5.82. The maximum atomic E-state index is 5.82. The van der Waals surface area contributed by atoms with Gasteiger partial charge in [-0.2, -0.15) is 0 Å². The molecule has 0 atom stereocenters. The van der Waals surface area contributed by atoms with E-state index in [9.17, 15) is 0 Å². The average molecular weight is 365 g/mol. The van der Waals surface area contributed by atoms with E-state index in [-0.39, 0.29) is 0 Å². The van der Waals surface area contributed by atoms with Crippen LogP contribution in [-0.4, -0.2) is 10.2 Å². The first-order valence-corrected chi connectivity index (χ1v) is 8.14. The van der Waals surface area contributed by atoms with Crippen molar-refractivity contribution < 1.29 is 4.42 Å². The van der Waals surface area contributed by atoms with E-state index < -0.39 is 0 Å². The van der Waals surface area contributed by atoms with Gasteiger partial charge in [0.25, 0.3) is 0 Å². The van der Waals surface area contributed by atoms with Crippen molar-refractivity contribution in [2.75, 3.05) is 0 Å². The van der Waals surface area contributed by atoms with Gasteiger partial charge in [0.15, 0.2) is 0 Å². The Morgan fingerprint density at radius 1 is 0.826 bits per heavy atom. The van der Waals surface area contributed by atoms with Crippen molar-refractivity contribution in [3.8, 4) is 11.5 Å². The molecule has 112 valence electrons. The molecule has 3 aromatic carbocycles.